The number of anilines is 2. The van der Waals surface area contributed by atoms with Gasteiger partial charge in [0.05, 0.1) is 10.1 Å². The Morgan fingerprint density at radius 1 is 0.837 bits per heavy atom. The van der Waals surface area contributed by atoms with Gasteiger partial charge in [-0.2, -0.15) is 0 Å². The lowest BCUT2D eigenvalue weighted by atomic mass is 10.1. The first-order valence-electron chi connectivity index (χ1n) is 12.8. The SMILES string of the molecule is CC(Sc1cccc(NC(=O)/C(=C/c2ccc(Br)cc2)NC(=O)c2ccccc2)c1)C(=O)Nc1ccc(S(N)(=O)=O)cc1. The van der Waals surface area contributed by atoms with E-state index < -0.39 is 27.1 Å². The molecule has 0 bridgehead atoms. The molecule has 0 aliphatic rings. The Balaban J connectivity index is 1.45. The van der Waals surface area contributed by atoms with Gasteiger partial charge < -0.3 is 16.0 Å². The van der Waals surface area contributed by atoms with Gasteiger partial charge in [0.25, 0.3) is 11.8 Å². The molecule has 9 nitrogen and oxygen atoms in total. The van der Waals surface area contributed by atoms with E-state index >= 15 is 0 Å². The zero-order valence-electron chi connectivity index (χ0n) is 22.8. The summed E-state index contributed by atoms with van der Waals surface area (Å²) in [6.45, 7) is 1.72. The number of hydrogen-bond donors (Lipinski definition) is 4. The standard InChI is InChI=1S/C31H27BrN4O5S2/c1-20(29(37)34-24-14-16-27(17-15-24)43(33,40)41)42-26-9-5-8-25(19-26)35-31(39)28(18-21-10-12-23(32)13-11-21)36-30(38)22-6-3-2-4-7-22/h2-20H,1H3,(H,34,37)(H,35,39)(H,36,38)(H2,33,40,41)/b28-18-. The van der Waals surface area contributed by atoms with E-state index in [0.29, 0.717) is 22.5 Å². The highest BCUT2D eigenvalue weighted by atomic mass is 79.9. The molecule has 43 heavy (non-hydrogen) atoms. The number of hydrogen-bond acceptors (Lipinski definition) is 6. The second kappa shape index (κ2) is 14.3. The maximum atomic E-state index is 13.4. The Bertz CT molecular complexity index is 1760. The molecule has 0 aliphatic heterocycles. The number of amides is 3. The van der Waals surface area contributed by atoms with Crippen molar-refractivity contribution in [3.63, 3.8) is 0 Å². The molecule has 1 atom stereocenters. The van der Waals surface area contributed by atoms with E-state index in [-0.39, 0.29) is 16.5 Å². The molecule has 0 heterocycles. The number of rotatable bonds is 10. The highest BCUT2D eigenvalue weighted by Gasteiger charge is 2.18. The first kappa shape index (κ1) is 31.7. The maximum Gasteiger partial charge on any atom is 0.272 e. The predicted molar refractivity (Wildman–Crippen MR) is 173 cm³/mol. The van der Waals surface area contributed by atoms with Crippen molar-refractivity contribution in [2.75, 3.05) is 10.6 Å². The van der Waals surface area contributed by atoms with E-state index in [4.69, 9.17) is 5.14 Å². The zero-order valence-corrected chi connectivity index (χ0v) is 26.0. The number of primary sulfonamides is 1. The van der Waals surface area contributed by atoms with Crippen molar-refractivity contribution < 1.29 is 22.8 Å². The molecule has 0 saturated heterocycles. The minimum absolute atomic E-state index is 0.0513. The van der Waals surface area contributed by atoms with Crippen molar-refractivity contribution in [2.45, 2.75) is 22.0 Å². The lowest BCUT2D eigenvalue weighted by Gasteiger charge is -2.14. The number of benzene rings is 4. The highest BCUT2D eigenvalue weighted by Crippen LogP contribution is 2.27. The van der Waals surface area contributed by atoms with Crippen LogP contribution in [0.4, 0.5) is 11.4 Å². The first-order valence-corrected chi connectivity index (χ1v) is 16.1. The number of carbonyl (C=O) groups excluding carboxylic acids is 3. The summed E-state index contributed by atoms with van der Waals surface area (Å²) in [7, 11) is -3.83. The predicted octanol–water partition coefficient (Wildman–Crippen LogP) is 5.63. The van der Waals surface area contributed by atoms with Crippen molar-refractivity contribution in [1.82, 2.24) is 5.32 Å². The Hall–Kier alpha value is -4.23. The van der Waals surface area contributed by atoms with Crippen molar-refractivity contribution >= 4 is 72.9 Å². The van der Waals surface area contributed by atoms with E-state index in [0.717, 1.165) is 9.37 Å². The highest BCUT2D eigenvalue weighted by molar-refractivity contribution is 9.10. The fraction of sp³-hybridized carbons (Fsp3) is 0.0645. The van der Waals surface area contributed by atoms with E-state index in [1.165, 1.54) is 36.0 Å². The number of nitrogens with two attached hydrogens (primary N) is 1. The fourth-order valence-corrected chi connectivity index (χ4v) is 5.45. The summed E-state index contributed by atoms with van der Waals surface area (Å²) in [6, 6.07) is 28.4. The molecule has 0 aromatic heterocycles. The lowest BCUT2D eigenvalue weighted by Crippen LogP contribution is -2.30. The van der Waals surface area contributed by atoms with Crippen molar-refractivity contribution in [1.29, 1.82) is 0 Å². The van der Waals surface area contributed by atoms with Crippen molar-refractivity contribution in [3.05, 3.63) is 124 Å². The van der Waals surface area contributed by atoms with Crippen LogP contribution >= 0.6 is 27.7 Å². The molecule has 0 radical (unpaired) electrons. The Morgan fingerprint density at radius 3 is 2.16 bits per heavy atom. The van der Waals surface area contributed by atoms with Gasteiger partial charge >= 0.3 is 0 Å². The van der Waals surface area contributed by atoms with Crippen LogP contribution in [0.2, 0.25) is 0 Å². The van der Waals surface area contributed by atoms with Gasteiger partial charge in [0.2, 0.25) is 15.9 Å². The molecule has 0 saturated carbocycles. The molecule has 0 spiro atoms. The summed E-state index contributed by atoms with van der Waals surface area (Å²) in [4.78, 5) is 39.7. The number of nitrogens with one attached hydrogen (secondary N) is 3. The topological polar surface area (TPSA) is 147 Å². The molecule has 4 rings (SSSR count). The molecular weight excluding hydrogens is 652 g/mol. The molecule has 5 N–H and O–H groups in total. The summed E-state index contributed by atoms with van der Waals surface area (Å²) >= 11 is 4.66. The molecule has 4 aromatic rings. The van der Waals surface area contributed by atoms with Gasteiger partial charge in [-0.15, -0.1) is 11.8 Å². The van der Waals surface area contributed by atoms with Gasteiger partial charge in [0.15, 0.2) is 0 Å². The molecule has 0 fully saturated rings. The normalized spacial score (nSPS) is 12.2. The van der Waals surface area contributed by atoms with Crippen LogP contribution < -0.4 is 21.1 Å². The summed E-state index contributed by atoms with van der Waals surface area (Å²) < 4.78 is 23.8. The van der Waals surface area contributed by atoms with Crippen LogP contribution in [0.15, 0.2) is 123 Å². The van der Waals surface area contributed by atoms with Crippen LogP contribution in [0.1, 0.15) is 22.8 Å². The van der Waals surface area contributed by atoms with Crippen molar-refractivity contribution in [3.8, 4) is 0 Å². The minimum Gasteiger partial charge on any atom is -0.325 e. The van der Waals surface area contributed by atoms with E-state index in [1.807, 2.05) is 24.3 Å². The molecule has 0 aliphatic carbocycles. The fourth-order valence-electron chi connectivity index (χ4n) is 3.74. The van der Waals surface area contributed by atoms with Crippen LogP contribution in [-0.2, 0) is 19.6 Å². The van der Waals surface area contributed by atoms with Crippen molar-refractivity contribution in [2.24, 2.45) is 5.14 Å². The maximum absolute atomic E-state index is 13.4. The van der Waals surface area contributed by atoms with Gasteiger partial charge in [0.1, 0.15) is 5.70 Å². The third-order valence-corrected chi connectivity index (χ3v) is 8.49. The van der Waals surface area contributed by atoms with Gasteiger partial charge in [-0.1, -0.05) is 52.3 Å². The molecular formula is C31H27BrN4O5S2. The summed E-state index contributed by atoms with van der Waals surface area (Å²) in [5.74, 6) is -1.25. The molecule has 4 aromatic carbocycles. The number of carbonyl (C=O) groups is 3. The third-order valence-electron chi connectivity index (χ3n) is 5.93. The smallest absolute Gasteiger partial charge is 0.272 e. The van der Waals surface area contributed by atoms with Gasteiger partial charge in [-0.3, -0.25) is 14.4 Å². The van der Waals surface area contributed by atoms with Gasteiger partial charge in [-0.25, -0.2) is 13.6 Å². The van der Waals surface area contributed by atoms with Crippen LogP contribution in [0.3, 0.4) is 0 Å². The zero-order chi connectivity index (χ0) is 31.0. The Labute approximate surface area is 262 Å². The van der Waals surface area contributed by atoms with Gasteiger partial charge in [0, 0.05) is 26.3 Å². The first-order chi connectivity index (χ1) is 20.5. The molecule has 220 valence electrons. The quantitative estimate of drug-likeness (QED) is 0.126. The number of halogens is 1. The molecule has 12 heteroatoms. The third kappa shape index (κ3) is 9.38. The molecule has 3 amide bonds. The minimum atomic E-state index is -3.83. The second-order valence-corrected chi connectivity index (χ2v) is 13.1. The number of sulfonamides is 1. The monoisotopic (exact) mass is 678 g/mol. The van der Waals surface area contributed by atoms with Crippen LogP contribution in [0.25, 0.3) is 6.08 Å². The Morgan fingerprint density at radius 2 is 1.51 bits per heavy atom. The summed E-state index contributed by atoms with van der Waals surface area (Å²) in [6.07, 6.45) is 1.59. The Kier molecular flexibility index (Phi) is 10.5. The van der Waals surface area contributed by atoms with E-state index in [1.54, 1.807) is 67.6 Å². The average Bonchev–Trinajstić information content (AvgIpc) is 2.98. The molecule has 1 unspecified atom stereocenters. The van der Waals surface area contributed by atoms with Gasteiger partial charge in [-0.05, 0) is 85.3 Å². The second-order valence-electron chi connectivity index (χ2n) is 9.23. The summed E-state index contributed by atoms with van der Waals surface area (Å²) in [5.41, 5.74) is 2.06. The van der Waals surface area contributed by atoms with Crippen LogP contribution in [0, 0.1) is 0 Å². The largest absolute Gasteiger partial charge is 0.325 e. The van der Waals surface area contributed by atoms with E-state index in [2.05, 4.69) is 31.9 Å². The van der Waals surface area contributed by atoms with Crippen LogP contribution in [0.5, 0.6) is 0 Å². The lowest BCUT2D eigenvalue weighted by molar-refractivity contribution is -0.115. The number of thioether (sulfide) groups is 1. The van der Waals surface area contributed by atoms with Crippen LogP contribution in [-0.4, -0.2) is 31.4 Å². The average molecular weight is 680 g/mol. The summed E-state index contributed by atoms with van der Waals surface area (Å²) in [5, 5.41) is 12.9. The van der Waals surface area contributed by atoms with E-state index in [9.17, 15) is 22.8 Å².